The molecule has 3 rings (SSSR count). The van der Waals surface area contributed by atoms with E-state index in [-0.39, 0.29) is 11.6 Å². The van der Waals surface area contributed by atoms with E-state index in [4.69, 9.17) is 4.74 Å². The summed E-state index contributed by atoms with van der Waals surface area (Å²) >= 11 is 0. The predicted molar refractivity (Wildman–Crippen MR) is 91.2 cm³/mol. The van der Waals surface area contributed by atoms with Gasteiger partial charge in [0.05, 0.1) is 18.2 Å². The Bertz CT molecular complexity index is 958. The average Bonchev–Trinajstić information content (AvgIpc) is 2.83. The fourth-order valence-corrected chi connectivity index (χ4v) is 2.59. The number of azo groups is 1. The van der Waals surface area contributed by atoms with Crippen LogP contribution in [0.2, 0.25) is 0 Å². The molecular weight excluding hydrogens is 306 g/mol. The van der Waals surface area contributed by atoms with Gasteiger partial charge in [-0.3, -0.25) is 4.79 Å². The van der Waals surface area contributed by atoms with Crippen molar-refractivity contribution in [2.24, 2.45) is 17.3 Å². The molecule has 1 aromatic heterocycles. The molecule has 0 unspecified atom stereocenters. The van der Waals surface area contributed by atoms with E-state index >= 15 is 0 Å². The van der Waals surface area contributed by atoms with E-state index in [2.05, 4.69) is 10.2 Å². The second-order valence-corrected chi connectivity index (χ2v) is 5.46. The number of rotatable bonds is 3. The first-order valence-electron chi connectivity index (χ1n) is 7.40. The van der Waals surface area contributed by atoms with Crippen molar-refractivity contribution >= 4 is 22.5 Å². The van der Waals surface area contributed by atoms with Crippen LogP contribution in [0.4, 0.5) is 5.69 Å². The third kappa shape index (κ3) is 2.62. The molecule has 2 aromatic carbocycles. The lowest BCUT2D eigenvalue weighted by Gasteiger charge is -2.03. The van der Waals surface area contributed by atoms with Gasteiger partial charge in [-0.25, -0.2) is 0 Å². The smallest absolute Gasteiger partial charge is 0.299 e. The molecule has 0 bridgehead atoms. The molecule has 0 atom stereocenters. The van der Waals surface area contributed by atoms with Gasteiger partial charge in [0.1, 0.15) is 5.75 Å². The number of aryl methyl sites for hydroxylation is 2. The van der Waals surface area contributed by atoms with Crippen molar-refractivity contribution in [2.45, 2.75) is 6.92 Å². The number of amides is 1. The minimum Gasteiger partial charge on any atom is -0.496 e. The van der Waals surface area contributed by atoms with E-state index in [1.165, 1.54) is 7.11 Å². The number of nitrogens with zero attached hydrogens (tertiary/aromatic N) is 3. The number of carbonyl (C=O) groups is 1. The second-order valence-electron chi connectivity index (χ2n) is 5.46. The lowest BCUT2D eigenvalue weighted by atomic mass is 10.1. The van der Waals surface area contributed by atoms with Gasteiger partial charge in [0.25, 0.3) is 5.91 Å². The van der Waals surface area contributed by atoms with Crippen LogP contribution in [0.3, 0.4) is 0 Å². The third-order valence-electron chi connectivity index (χ3n) is 3.88. The minimum absolute atomic E-state index is 0.0350. The number of benzene rings is 2. The van der Waals surface area contributed by atoms with Gasteiger partial charge >= 0.3 is 0 Å². The Morgan fingerprint density at radius 1 is 1.21 bits per heavy atom. The highest BCUT2D eigenvalue weighted by Crippen LogP contribution is 2.38. The summed E-state index contributed by atoms with van der Waals surface area (Å²) in [6.07, 6.45) is 0. The first-order valence-corrected chi connectivity index (χ1v) is 7.40. The number of aromatic nitrogens is 1. The average molecular weight is 323 g/mol. The van der Waals surface area contributed by atoms with Crippen LogP contribution in [-0.2, 0) is 7.05 Å². The van der Waals surface area contributed by atoms with Crippen molar-refractivity contribution in [3.05, 3.63) is 53.6 Å². The van der Waals surface area contributed by atoms with E-state index in [0.29, 0.717) is 11.3 Å². The summed E-state index contributed by atoms with van der Waals surface area (Å²) in [6, 6.07) is 12.5. The van der Waals surface area contributed by atoms with Gasteiger partial charge in [-0.2, -0.15) is 0 Å². The number of aromatic hydroxyl groups is 1. The molecule has 1 N–H and O–H groups in total. The molecule has 0 radical (unpaired) electrons. The molecular formula is C18H17N3O3. The van der Waals surface area contributed by atoms with Crippen molar-refractivity contribution in [3.8, 4) is 11.6 Å². The van der Waals surface area contributed by atoms with Crippen LogP contribution in [0.1, 0.15) is 15.9 Å². The Hall–Kier alpha value is -3.15. The Morgan fingerprint density at radius 3 is 2.71 bits per heavy atom. The van der Waals surface area contributed by atoms with Gasteiger partial charge in [-0.1, -0.05) is 23.8 Å². The Labute approximate surface area is 139 Å². The first kappa shape index (κ1) is 15.7. The Kier molecular flexibility index (Phi) is 4.04. The number of carbonyl (C=O) groups excluding carboxylic acids is 1. The van der Waals surface area contributed by atoms with E-state index in [0.717, 1.165) is 16.5 Å². The van der Waals surface area contributed by atoms with Crippen LogP contribution >= 0.6 is 0 Å². The zero-order valence-electron chi connectivity index (χ0n) is 13.6. The van der Waals surface area contributed by atoms with Crippen LogP contribution in [0, 0.1) is 6.92 Å². The summed E-state index contributed by atoms with van der Waals surface area (Å²) < 4.78 is 6.76. The second kappa shape index (κ2) is 6.16. The molecule has 0 aliphatic carbocycles. The normalized spacial score (nSPS) is 11.3. The summed E-state index contributed by atoms with van der Waals surface area (Å²) in [7, 11) is 3.22. The molecule has 6 heteroatoms. The summed E-state index contributed by atoms with van der Waals surface area (Å²) in [5, 5.41) is 18.8. The molecule has 6 nitrogen and oxygen atoms in total. The summed E-state index contributed by atoms with van der Waals surface area (Å²) in [5.74, 6) is -0.136. The third-order valence-corrected chi connectivity index (χ3v) is 3.88. The lowest BCUT2D eigenvalue weighted by Crippen LogP contribution is -1.97. The summed E-state index contributed by atoms with van der Waals surface area (Å²) in [5.41, 5.74) is 2.44. The van der Waals surface area contributed by atoms with Crippen molar-refractivity contribution in [1.29, 1.82) is 0 Å². The highest BCUT2D eigenvalue weighted by atomic mass is 16.5. The molecule has 0 saturated heterocycles. The Balaban J connectivity index is 2.03. The molecule has 1 heterocycles. The van der Waals surface area contributed by atoms with Crippen LogP contribution in [0.15, 0.2) is 52.7 Å². The van der Waals surface area contributed by atoms with Crippen molar-refractivity contribution < 1.29 is 14.6 Å². The topological polar surface area (TPSA) is 76.2 Å². The number of para-hydroxylation sites is 1. The van der Waals surface area contributed by atoms with E-state index in [1.54, 1.807) is 35.9 Å². The molecule has 24 heavy (non-hydrogen) atoms. The largest absolute Gasteiger partial charge is 0.496 e. The number of hydrogen-bond acceptors (Lipinski definition) is 4. The number of hydrogen-bond donors (Lipinski definition) is 1. The van der Waals surface area contributed by atoms with Gasteiger partial charge in [0.15, 0.2) is 5.69 Å². The molecule has 3 aromatic rings. The molecule has 0 spiro atoms. The first-order chi connectivity index (χ1) is 11.5. The van der Waals surface area contributed by atoms with Crippen molar-refractivity contribution in [3.63, 3.8) is 0 Å². The number of ether oxygens (including phenoxy) is 1. The molecule has 0 fully saturated rings. The van der Waals surface area contributed by atoms with Crippen molar-refractivity contribution in [2.75, 3.05) is 7.11 Å². The predicted octanol–water partition coefficient (Wildman–Crippen LogP) is 4.13. The van der Waals surface area contributed by atoms with E-state index in [1.807, 2.05) is 25.1 Å². The van der Waals surface area contributed by atoms with E-state index < -0.39 is 5.91 Å². The maximum atomic E-state index is 12.3. The van der Waals surface area contributed by atoms with Crippen LogP contribution in [0.5, 0.6) is 11.6 Å². The maximum Gasteiger partial charge on any atom is 0.299 e. The number of methoxy groups -OCH3 is 1. The highest BCUT2D eigenvalue weighted by Gasteiger charge is 2.16. The van der Waals surface area contributed by atoms with Gasteiger partial charge in [-0.05, 0) is 31.2 Å². The fraction of sp³-hybridized carbons (Fsp3) is 0.167. The van der Waals surface area contributed by atoms with Gasteiger partial charge < -0.3 is 14.4 Å². The summed E-state index contributed by atoms with van der Waals surface area (Å²) in [4.78, 5) is 12.3. The molecule has 0 saturated carbocycles. The van der Waals surface area contributed by atoms with Crippen LogP contribution in [0.25, 0.3) is 10.9 Å². The van der Waals surface area contributed by atoms with Gasteiger partial charge in [-0.15, -0.1) is 10.2 Å². The molecule has 0 aliphatic rings. The maximum absolute atomic E-state index is 12.3. The SMILES string of the molecule is COc1ccccc1C(=O)N=Nc1c(O)n(C)c2ccc(C)cc12. The summed E-state index contributed by atoms with van der Waals surface area (Å²) in [6.45, 7) is 1.95. The van der Waals surface area contributed by atoms with Gasteiger partial charge in [0, 0.05) is 12.4 Å². The molecule has 1 amide bonds. The molecule has 0 aliphatic heterocycles. The van der Waals surface area contributed by atoms with Crippen LogP contribution < -0.4 is 4.74 Å². The highest BCUT2D eigenvalue weighted by molar-refractivity contribution is 5.99. The van der Waals surface area contributed by atoms with Gasteiger partial charge in [0.2, 0.25) is 5.88 Å². The monoisotopic (exact) mass is 323 g/mol. The zero-order valence-corrected chi connectivity index (χ0v) is 13.6. The minimum atomic E-state index is -0.531. The van der Waals surface area contributed by atoms with Crippen LogP contribution in [-0.4, -0.2) is 22.7 Å². The lowest BCUT2D eigenvalue weighted by molar-refractivity contribution is 0.0992. The quantitative estimate of drug-likeness (QED) is 0.736. The Morgan fingerprint density at radius 2 is 1.96 bits per heavy atom. The number of fused-ring (bicyclic) bond motifs is 1. The van der Waals surface area contributed by atoms with E-state index in [9.17, 15) is 9.90 Å². The molecule has 122 valence electrons. The fourth-order valence-electron chi connectivity index (χ4n) is 2.59. The zero-order chi connectivity index (χ0) is 17.3. The standard InChI is InChI=1S/C18H17N3O3/c1-11-8-9-14-13(10-11)16(18(23)21(14)2)19-20-17(22)12-6-4-5-7-15(12)24-3/h4-10,23H,1-3H3. The van der Waals surface area contributed by atoms with Crippen molar-refractivity contribution in [1.82, 2.24) is 4.57 Å².